The molecule has 1 aromatic carbocycles. The van der Waals surface area contributed by atoms with Crippen LogP contribution in [0.15, 0.2) is 36.7 Å². The molecule has 0 spiro atoms. The number of ether oxygens (including phenoxy) is 2. The number of esters is 1. The third-order valence-electron chi connectivity index (χ3n) is 5.88. The molecule has 1 aliphatic heterocycles. The molecule has 1 amide bonds. The smallest absolute Gasteiger partial charge is 0.326 e. The van der Waals surface area contributed by atoms with Crippen molar-refractivity contribution in [2.24, 2.45) is 0 Å². The van der Waals surface area contributed by atoms with Gasteiger partial charge in [0.15, 0.2) is 0 Å². The normalized spacial score (nSPS) is 16.3. The lowest BCUT2D eigenvalue weighted by Gasteiger charge is -2.24. The predicted molar refractivity (Wildman–Crippen MR) is 133 cm³/mol. The lowest BCUT2D eigenvalue weighted by molar-refractivity contribution is -0.155. The first-order valence-electron chi connectivity index (χ1n) is 12.3. The zero-order chi connectivity index (χ0) is 25.4. The summed E-state index contributed by atoms with van der Waals surface area (Å²) in [6, 6.07) is 8.21. The van der Waals surface area contributed by atoms with Gasteiger partial charge in [0.25, 0.3) is 5.91 Å². The minimum Gasteiger partial charge on any atom is -0.494 e. The second-order valence-electron chi connectivity index (χ2n) is 9.93. The highest BCUT2D eigenvalue weighted by Crippen LogP contribution is 2.18. The van der Waals surface area contributed by atoms with Gasteiger partial charge in [-0.2, -0.15) is 5.10 Å². The Bertz CT molecular complexity index is 967. The van der Waals surface area contributed by atoms with E-state index in [4.69, 9.17) is 9.47 Å². The summed E-state index contributed by atoms with van der Waals surface area (Å²) in [7, 11) is 0. The molecule has 0 radical (unpaired) electrons. The van der Waals surface area contributed by atoms with E-state index < -0.39 is 17.5 Å². The van der Waals surface area contributed by atoms with Gasteiger partial charge in [0.05, 0.1) is 30.7 Å². The fourth-order valence-corrected chi connectivity index (χ4v) is 4.14. The number of carbonyl (C=O) groups is 2. The van der Waals surface area contributed by atoms with Crippen molar-refractivity contribution in [2.45, 2.75) is 58.6 Å². The van der Waals surface area contributed by atoms with Gasteiger partial charge in [-0.1, -0.05) is 0 Å². The number of nitrogens with zero attached hydrogens (tertiary/aromatic N) is 4. The van der Waals surface area contributed by atoms with Crippen LogP contribution in [-0.4, -0.2) is 87.6 Å². The van der Waals surface area contributed by atoms with E-state index in [9.17, 15) is 14.7 Å². The van der Waals surface area contributed by atoms with Crippen molar-refractivity contribution < 1.29 is 24.2 Å². The molecule has 9 heteroatoms. The van der Waals surface area contributed by atoms with Crippen LogP contribution in [0.3, 0.4) is 0 Å². The molecule has 2 aromatic rings. The first-order valence-corrected chi connectivity index (χ1v) is 12.3. The summed E-state index contributed by atoms with van der Waals surface area (Å²) in [6.07, 6.45) is 6.62. The van der Waals surface area contributed by atoms with Crippen molar-refractivity contribution in [3.8, 4) is 11.4 Å². The third-order valence-corrected chi connectivity index (χ3v) is 5.88. The van der Waals surface area contributed by atoms with E-state index in [1.807, 2.05) is 24.3 Å². The van der Waals surface area contributed by atoms with Gasteiger partial charge in [-0.3, -0.25) is 9.59 Å². The molecule has 3 rings (SSSR count). The summed E-state index contributed by atoms with van der Waals surface area (Å²) in [5.74, 6) is -0.140. The zero-order valence-corrected chi connectivity index (χ0v) is 21.3. The number of aliphatic hydroxyl groups excluding tert-OH is 1. The Morgan fingerprint density at radius 3 is 2.60 bits per heavy atom. The lowest BCUT2D eigenvalue weighted by atomic mass is 10.2. The van der Waals surface area contributed by atoms with Crippen LogP contribution >= 0.6 is 0 Å². The van der Waals surface area contributed by atoms with Gasteiger partial charge in [0.2, 0.25) is 0 Å². The molecule has 1 N–H and O–H groups in total. The SMILES string of the molecule is CC1CCCN1CCCOc1ccc(-n2cc(C(=O)N(CCO)CC(=O)OC(C)(C)C)cn2)cc1. The number of amides is 1. The van der Waals surface area contributed by atoms with Gasteiger partial charge in [-0.25, -0.2) is 4.68 Å². The first kappa shape index (κ1) is 26.7. The summed E-state index contributed by atoms with van der Waals surface area (Å²) in [4.78, 5) is 28.9. The number of benzene rings is 1. The maximum atomic E-state index is 12.9. The quantitative estimate of drug-likeness (QED) is 0.385. The summed E-state index contributed by atoms with van der Waals surface area (Å²) < 4.78 is 12.8. The van der Waals surface area contributed by atoms with E-state index in [0.29, 0.717) is 18.2 Å². The van der Waals surface area contributed by atoms with Crippen LogP contribution in [0.5, 0.6) is 5.75 Å². The molecule has 9 nitrogen and oxygen atoms in total. The Morgan fingerprint density at radius 2 is 1.97 bits per heavy atom. The standard InChI is InChI=1S/C26H38N4O5/c1-20-7-5-12-28(20)13-6-16-34-23-10-8-22(9-11-23)30-18-21(17-27-30)25(33)29(14-15-31)19-24(32)35-26(2,3)4/h8-11,17-18,20,31H,5-7,12-16,19H2,1-4H3. The van der Waals surface area contributed by atoms with E-state index in [-0.39, 0.29) is 19.7 Å². The maximum absolute atomic E-state index is 12.9. The van der Waals surface area contributed by atoms with Crippen LogP contribution in [0.1, 0.15) is 57.3 Å². The van der Waals surface area contributed by atoms with Gasteiger partial charge >= 0.3 is 5.97 Å². The highest BCUT2D eigenvalue weighted by Gasteiger charge is 2.24. The molecule has 1 atom stereocenters. The van der Waals surface area contributed by atoms with Crippen molar-refractivity contribution >= 4 is 11.9 Å². The summed E-state index contributed by atoms with van der Waals surface area (Å²) in [6.45, 7) is 9.99. The van der Waals surface area contributed by atoms with Gasteiger partial charge in [-0.15, -0.1) is 0 Å². The van der Waals surface area contributed by atoms with Crippen LogP contribution in [0.25, 0.3) is 5.69 Å². The zero-order valence-electron chi connectivity index (χ0n) is 21.3. The van der Waals surface area contributed by atoms with E-state index in [1.165, 1.54) is 30.5 Å². The number of likely N-dealkylation sites (tertiary alicyclic amines) is 1. The Balaban J connectivity index is 1.54. The number of hydrogen-bond donors (Lipinski definition) is 1. The van der Waals surface area contributed by atoms with Crippen LogP contribution in [0.2, 0.25) is 0 Å². The molecule has 1 fully saturated rings. The average molecular weight is 487 g/mol. The molecule has 0 aliphatic carbocycles. The molecule has 1 aromatic heterocycles. The number of rotatable bonds is 11. The fourth-order valence-electron chi connectivity index (χ4n) is 4.14. The van der Waals surface area contributed by atoms with Gasteiger partial charge < -0.3 is 24.4 Å². The van der Waals surface area contributed by atoms with Crippen LogP contribution in [0, 0.1) is 0 Å². The second kappa shape index (κ2) is 12.2. The third kappa shape index (κ3) is 8.07. The Morgan fingerprint density at radius 1 is 1.23 bits per heavy atom. The highest BCUT2D eigenvalue weighted by atomic mass is 16.6. The minimum absolute atomic E-state index is 0.0198. The number of aromatic nitrogens is 2. The van der Waals surface area contributed by atoms with Gasteiger partial charge in [0.1, 0.15) is 17.9 Å². The molecule has 1 unspecified atom stereocenters. The number of hydrogen-bond acceptors (Lipinski definition) is 7. The van der Waals surface area contributed by atoms with E-state index in [0.717, 1.165) is 24.4 Å². The Hall–Kier alpha value is -2.91. The largest absolute Gasteiger partial charge is 0.494 e. The lowest BCUT2D eigenvalue weighted by Crippen LogP contribution is -2.40. The minimum atomic E-state index is -0.655. The van der Waals surface area contributed by atoms with E-state index in [2.05, 4.69) is 16.9 Å². The molecule has 0 bridgehead atoms. The van der Waals surface area contributed by atoms with Crippen molar-refractivity contribution in [1.29, 1.82) is 0 Å². The summed E-state index contributed by atoms with van der Waals surface area (Å²) >= 11 is 0. The monoisotopic (exact) mass is 486 g/mol. The van der Waals surface area contributed by atoms with Crippen LogP contribution < -0.4 is 4.74 Å². The topological polar surface area (TPSA) is 97.1 Å². The molecule has 192 valence electrons. The molecule has 1 saturated heterocycles. The van der Waals surface area contributed by atoms with Crippen molar-refractivity contribution in [1.82, 2.24) is 19.6 Å². The Kier molecular flexibility index (Phi) is 9.28. The highest BCUT2D eigenvalue weighted by molar-refractivity contribution is 5.95. The molecule has 35 heavy (non-hydrogen) atoms. The molecular formula is C26H38N4O5. The molecule has 0 saturated carbocycles. The van der Waals surface area contributed by atoms with Crippen molar-refractivity contribution in [3.63, 3.8) is 0 Å². The first-order chi connectivity index (χ1) is 16.7. The van der Waals surface area contributed by atoms with E-state index >= 15 is 0 Å². The van der Waals surface area contributed by atoms with Gasteiger partial charge in [0, 0.05) is 25.3 Å². The molecular weight excluding hydrogens is 448 g/mol. The van der Waals surface area contributed by atoms with Gasteiger partial charge in [-0.05, 0) is 77.8 Å². The fraction of sp³-hybridized carbons (Fsp3) is 0.577. The summed E-state index contributed by atoms with van der Waals surface area (Å²) in [5.41, 5.74) is 0.444. The maximum Gasteiger partial charge on any atom is 0.326 e. The number of aliphatic hydroxyl groups is 1. The predicted octanol–water partition coefficient (Wildman–Crippen LogP) is 2.90. The Labute approximate surface area is 207 Å². The van der Waals surface area contributed by atoms with Crippen molar-refractivity contribution in [2.75, 3.05) is 39.4 Å². The average Bonchev–Trinajstić information content (AvgIpc) is 3.44. The van der Waals surface area contributed by atoms with Crippen LogP contribution in [0.4, 0.5) is 0 Å². The molecule has 1 aliphatic rings. The van der Waals surface area contributed by atoms with Crippen molar-refractivity contribution in [3.05, 3.63) is 42.2 Å². The number of carbonyl (C=O) groups excluding carboxylic acids is 2. The van der Waals surface area contributed by atoms with Crippen LogP contribution in [-0.2, 0) is 9.53 Å². The molecule has 2 heterocycles. The van der Waals surface area contributed by atoms with E-state index in [1.54, 1.807) is 31.6 Å². The summed E-state index contributed by atoms with van der Waals surface area (Å²) in [5, 5.41) is 13.6. The second-order valence-corrected chi connectivity index (χ2v) is 9.93.